The second kappa shape index (κ2) is 4.81. The SMILES string of the molecule is O=[N+]([O-])c1ccccc1-c1cnn(C2CCNC2)c1. The van der Waals surface area contributed by atoms with Crippen LogP contribution in [-0.2, 0) is 0 Å². The Balaban J connectivity index is 1.96. The lowest BCUT2D eigenvalue weighted by Crippen LogP contribution is -2.13. The molecule has 0 bridgehead atoms. The average molecular weight is 258 g/mol. The monoisotopic (exact) mass is 258 g/mol. The van der Waals surface area contributed by atoms with E-state index in [1.807, 2.05) is 10.9 Å². The molecule has 1 saturated heterocycles. The van der Waals surface area contributed by atoms with Crippen LogP contribution >= 0.6 is 0 Å². The molecule has 1 atom stereocenters. The highest BCUT2D eigenvalue weighted by Gasteiger charge is 2.20. The molecule has 1 N–H and O–H groups in total. The average Bonchev–Trinajstić information content (AvgIpc) is 3.09. The van der Waals surface area contributed by atoms with Gasteiger partial charge >= 0.3 is 0 Å². The second-order valence-corrected chi connectivity index (χ2v) is 4.63. The van der Waals surface area contributed by atoms with Crippen LogP contribution in [-0.4, -0.2) is 27.8 Å². The van der Waals surface area contributed by atoms with E-state index in [4.69, 9.17) is 0 Å². The molecule has 1 aromatic heterocycles. The van der Waals surface area contributed by atoms with Gasteiger partial charge in [-0.1, -0.05) is 12.1 Å². The van der Waals surface area contributed by atoms with Gasteiger partial charge in [0.1, 0.15) is 0 Å². The smallest absolute Gasteiger partial charge is 0.277 e. The molecule has 1 unspecified atom stereocenters. The predicted octanol–water partition coefficient (Wildman–Crippen LogP) is 1.99. The van der Waals surface area contributed by atoms with Crippen molar-refractivity contribution in [3.63, 3.8) is 0 Å². The van der Waals surface area contributed by atoms with Crippen molar-refractivity contribution in [1.29, 1.82) is 0 Å². The minimum atomic E-state index is -0.357. The van der Waals surface area contributed by atoms with Gasteiger partial charge in [-0.25, -0.2) is 0 Å². The maximum absolute atomic E-state index is 11.0. The number of hydrogen-bond donors (Lipinski definition) is 1. The molecule has 0 amide bonds. The molecule has 3 rings (SSSR count). The minimum Gasteiger partial charge on any atom is -0.315 e. The molecule has 1 fully saturated rings. The van der Waals surface area contributed by atoms with Crippen LogP contribution in [0.2, 0.25) is 0 Å². The summed E-state index contributed by atoms with van der Waals surface area (Å²) in [5.74, 6) is 0. The Bertz CT molecular complexity index is 602. The highest BCUT2D eigenvalue weighted by atomic mass is 16.6. The van der Waals surface area contributed by atoms with Crippen molar-refractivity contribution in [2.75, 3.05) is 13.1 Å². The van der Waals surface area contributed by atoms with Gasteiger partial charge < -0.3 is 5.32 Å². The molecular formula is C13H14N4O2. The van der Waals surface area contributed by atoms with Crippen LogP contribution in [0.15, 0.2) is 36.7 Å². The molecule has 2 aromatic rings. The Morgan fingerprint density at radius 1 is 1.42 bits per heavy atom. The number of nitro benzene ring substituents is 1. The van der Waals surface area contributed by atoms with Gasteiger partial charge in [-0.15, -0.1) is 0 Å². The fourth-order valence-corrected chi connectivity index (χ4v) is 2.42. The highest BCUT2D eigenvalue weighted by molar-refractivity contribution is 5.72. The number of nitrogens with one attached hydrogen (secondary N) is 1. The Hall–Kier alpha value is -2.21. The van der Waals surface area contributed by atoms with E-state index in [2.05, 4.69) is 10.4 Å². The summed E-state index contributed by atoms with van der Waals surface area (Å²) in [4.78, 5) is 10.7. The van der Waals surface area contributed by atoms with Crippen molar-refractivity contribution in [2.45, 2.75) is 12.5 Å². The first-order chi connectivity index (χ1) is 9.25. The van der Waals surface area contributed by atoms with E-state index in [-0.39, 0.29) is 10.6 Å². The predicted molar refractivity (Wildman–Crippen MR) is 70.8 cm³/mol. The van der Waals surface area contributed by atoms with Crippen LogP contribution in [0.1, 0.15) is 12.5 Å². The maximum Gasteiger partial charge on any atom is 0.277 e. The zero-order valence-corrected chi connectivity index (χ0v) is 10.3. The summed E-state index contributed by atoms with van der Waals surface area (Å²) in [5, 5.41) is 18.6. The molecule has 0 saturated carbocycles. The molecular weight excluding hydrogens is 244 g/mol. The molecule has 19 heavy (non-hydrogen) atoms. The Kier molecular flexibility index (Phi) is 3.00. The van der Waals surface area contributed by atoms with Gasteiger partial charge in [-0.3, -0.25) is 14.8 Å². The van der Waals surface area contributed by atoms with Gasteiger partial charge in [0.15, 0.2) is 0 Å². The quantitative estimate of drug-likeness (QED) is 0.675. The van der Waals surface area contributed by atoms with Crippen molar-refractivity contribution in [3.8, 4) is 11.1 Å². The summed E-state index contributed by atoms with van der Waals surface area (Å²) in [6.45, 7) is 1.89. The number of aromatic nitrogens is 2. The summed E-state index contributed by atoms with van der Waals surface area (Å²) >= 11 is 0. The maximum atomic E-state index is 11.0. The van der Waals surface area contributed by atoms with Crippen LogP contribution in [0.3, 0.4) is 0 Å². The van der Waals surface area contributed by atoms with Crippen molar-refractivity contribution in [1.82, 2.24) is 15.1 Å². The standard InChI is InChI=1S/C13H14N4O2/c18-17(19)13-4-2-1-3-12(13)10-7-15-16(9-10)11-5-6-14-8-11/h1-4,7,9,11,14H,5-6,8H2. The summed E-state index contributed by atoms with van der Waals surface area (Å²) in [6, 6.07) is 7.09. The topological polar surface area (TPSA) is 73.0 Å². The normalized spacial score (nSPS) is 18.6. The first-order valence-corrected chi connectivity index (χ1v) is 6.24. The summed E-state index contributed by atoms with van der Waals surface area (Å²) in [6.07, 6.45) is 4.62. The van der Waals surface area contributed by atoms with Gasteiger partial charge in [0.25, 0.3) is 5.69 Å². The first kappa shape index (κ1) is 11.9. The number of hydrogen-bond acceptors (Lipinski definition) is 4. The molecule has 2 heterocycles. The molecule has 98 valence electrons. The molecule has 6 nitrogen and oxygen atoms in total. The van der Waals surface area contributed by atoms with E-state index in [0.29, 0.717) is 11.6 Å². The molecule has 0 radical (unpaired) electrons. The van der Waals surface area contributed by atoms with Crippen molar-refractivity contribution in [3.05, 3.63) is 46.8 Å². The van der Waals surface area contributed by atoms with Crippen LogP contribution in [0, 0.1) is 10.1 Å². The fourth-order valence-electron chi connectivity index (χ4n) is 2.42. The lowest BCUT2D eigenvalue weighted by Gasteiger charge is -2.07. The van der Waals surface area contributed by atoms with Crippen LogP contribution in [0.5, 0.6) is 0 Å². The zero-order valence-electron chi connectivity index (χ0n) is 10.3. The number of nitrogens with zero attached hydrogens (tertiary/aromatic N) is 3. The lowest BCUT2D eigenvalue weighted by atomic mass is 10.1. The van der Waals surface area contributed by atoms with Gasteiger partial charge in [-0.05, 0) is 19.0 Å². The second-order valence-electron chi connectivity index (χ2n) is 4.63. The van der Waals surface area contributed by atoms with Gasteiger partial charge in [0.2, 0.25) is 0 Å². The van der Waals surface area contributed by atoms with E-state index < -0.39 is 0 Å². The molecule has 0 spiro atoms. The third kappa shape index (κ3) is 2.22. The molecule has 1 aliphatic rings. The number of benzene rings is 1. The van der Waals surface area contributed by atoms with E-state index in [0.717, 1.165) is 25.1 Å². The van der Waals surface area contributed by atoms with E-state index in [9.17, 15) is 10.1 Å². The number of rotatable bonds is 3. The highest BCUT2D eigenvalue weighted by Crippen LogP contribution is 2.29. The lowest BCUT2D eigenvalue weighted by molar-refractivity contribution is -0.384. The van der Waals surface area contributed by atoms with Crippen LogP contribution < -0.4 is 5.32 Å². The van der Waals surface area contributed by atoms with E-state index in [1.54, 1.807) is 24.4 Å². The third-order valence-corrected chi connectivity index (χ3v) is 3.42. The molecule has 1 aromatic carbocycles. The summed E-state index contributed by atoms with van der Waals surface area (Å²) in [5.41, 5.74) is 1.52. The third-order valence-electron chi connectivity index (χ3n) is 3.42. The van der Waals surface area contributed by atoms with Crippen molar-refractivity contribution < 1.29 is 4.92 Å². The van der Waals surface area contributed by atoms with E-state index >= 15 is 0 Å². The fraction of sp³-hybridized carbons (Fsp3) is 0.308. The summed E-state index contributed by atoms with van der Waals surface area (Å²) < 4.78 is 1.89. The van der Waals surface area contributed by atoms with Gasteiger partial charge in [-0.2, -0.15) is 5.10 Å². The minimum absolute atomic E-state index is 0.117. The Morgan fingerprint density at radius 3 is 3.00 bits per heavy atom. The Morgan fingerprint density at radius 2 is 2.26 bits per heavy atom. The number of nitro groups is 1. The van der Waals surface area contributed by atoms with Gasteiger partial charge in [0.05, 0.1) is 22.7 Å². The largest absolute Gasteiger partial charge is 0.315 e. The van der Waals surface area contributed by atoms with E-state index in [1.165, 1.54) is 6.07 Å². The summed E-state index contributed by atoms with van der Waals surface area (Å²) in [7, 11) is 0. The van der Waals surface area contributed by atoms with Crippen molar-refractivity contribution in [2.24, 2.45) is 0 Å². The van der Waals surface area contributed by atoms with Crippen LogP contribution in [0.4, 0.5) is 5.69 Å². The van der Waals surface area contributed by atoms with Crippen LogP contribution in [0.25, 0.3) is 11.1 Å². The van der Waals surface area contributed by atoms with Crippen molar-refractivity contribution >= 4 is 5.69 Å². The first-order valence-electron chi connectivity index (χ1n) is 6.24. The Labute approximate surface area is 110 Å². The number of para-hydroxylation sites is 1. The molecule has 0 aliphatic carbocycles. The molecule has 6 heteroatoms. The molecule has 1 aliphatic heterocycles. The zero-order chi connectivity index (χ0) is 13.2. The van der Waals surface area contributed by atoms with Gasteiger partial charge in [0, 0.05) is 24.4 Å².